The van der Waals surface area contributed by atoms with Crippen LogP contribution in [0.25, 0.3) is 32.8 Å². The molecule has 3 radical (unpaired) electrons. The maximum Gasteiger partial charge on any atom is 0.146 e. The monoisotopic (exact) mass is 2470 g/mol. The number of aromatic nitrogens is 6. The van der Waals surface area contributed by atoms with Crippen molar-refractivity contribution in [3.05, 3.63) is 547 Å². The molecule has 149 heavy (non-hydrogen) atoms. The fourth-order valence-corrected chi connectivity index (χ4v) is 18.1. The van der Waals surface area contributed by atoms with Crippen LogP contribution < -0.4 is 58.8 Å². The number of aryl methyl sites for hydroxylation is 6. The van der Waals surface area contributed by atoms with Gasteiger partial charge < -0.3 is 58.8 Å². The van der Waals surface area contributed by atoms with Crippen LogP contribution in [-0.2, 0) is 73.2 Å². The van der Waals surface area contributed by atoms with Crippen LogP contribution in [0.15, 0.2) is 437 Å². The summed E-state index contributed by atoms with van der Waals surface area (Å²) in [6, 6.07) is 165. The molecule has 6 aliphatic heterocycles. The van der Waals surface area contributed by atoms with Crippen molar-refractivity contribution in [3.8, 4) is 0 Å². The molecule has 3 aromatic heterocycles. The van der Waals surface area contributed by atoms with Crippen molar-refractivity contribution >= 4 is 170 Å². The summed E-state index contributed by atoms with van der Waals surface area (Å²) in [4.78, 5) is 54.0. The Labute approximate surface area is 912 Å². The molecule has 0 saturated carbocycles. The van der Waals surface area contributed by atoms with Gasteiger partial charge in [0.15, 0.2) is 0 Å². The molecule has 6 aliphatic rings. The minimum absolute atomic E-state index is 0. The van der Waals surface area contributed by atoms with Gasteiger partial charge in [0.25, 0.3) is 0 Å². The average Bonchev–Trinajstić information content (AvgIpc) is 1.61. The third-order valence-corrected chi connectivity index (χ3v) is 25.8. The van der Waals surface area contributed by atoms with E-state index in [0.717, 1.165) is 132 Å². The molecule has 9 heterocycles. The average molecular weight is 2470 g/mol. The molecule has 18 aromatic carbocycles. The van der Waals surface area contributed by atoms with E-state index >= 15 is 0 Å². The van der Waals surface area contributed by atoms with Crippen molar-refractivity contribution in [3.63, 3.8) is 0 Å². The summed E-state index contributed by atoms with van der Waals surface area (Å²) in [5.74, 6) is 4.90. The molecule has 0 bridgehead atoms. The zero-order chi connectivity index (χ0) is 98.8. The zero-order valence-electron chi connectivity index (χ0n) is 82.5. The van der Waals surface area contributed by atoms with Gasteiger partial charge in [0.2, 0.25) is 0 Å². The Balaban J connectivity index is 0.000000112. The van der Waals surface area contributed by atoms with E-state index < -0.39 is 0 Å². The van der Waals surface area contributed by atoms with Crippen LogP contribution in [0.5, 0.6) is 0 Å². The molecular weight excluding hydrogens is 2370 g/mol. The topological polar surface area (TPSA) is 116 Å². The predicted molar refractivity (Wildman–Crippen MR) is 597 cm³/mol. The van der Waals surface area contributed by atoms with Crippen molar-refractivity contribution in [1.82, 2.24) is 29.9 Å². The molecule has 0 N–H and O–H groups in total. The van der Waals surface area contributed by atoms with Crippen LogP contribution in [0.3, 0.4) is 0 Å². The van der Waals surface area contributed by atoms with E-state index in [0.29, 0.717) is 0 Å². The molecule has 0 spiro atoms. The summed E-state index contributed by atoms with van der Waals surface area (Å²) in [5, 5.41) is 2.49. The Hall–Kier alpha value is -16.5. The van der Waals surface area contributed by atoms with Crippen LogP contribution in [0.1, 0.15) is 47.2 Å². The summed E-state index contributed by atoms with van der Waals surface area (Å²) >= 11 is 0. The van der Waals surface area contributed by atoms with Crippen LogP contribution in [0, 0.1) is 104 Å². The predicted octanol–water partition coefficient (Wildman–Crippen LogP) is 31.6. The molecule has 0 unspecified atom stereocenters. The van der Waals surface area contributed by atoms with Crippen molar-refractivity contribution < 1.29 is 60.3 Å². The number of nitrogens with zero attached hydrogens (tertiary/aromatic N) is 18. The van der Waals surface area contributed by atoms with Crippen LogP contribution in [0.2, 0.25) is 0 Å². The molecule has 21 aromatic rings. The molecule has 27 rings (SSSR count). The van der Waals surface area contributed by atoms with Gasteiger partial charge >= 0.3 is 0 Å². The molecule has 0 atom stereocenters. The first-order valence-corrected chi connectivity index (χ1v) is 48.9. The second-order valence-corrected chi connectivity index (χ2v) is 35.6. The third kappa shape index (κ3) is 21.9. The van der Waals surface area contributed by atoms with Crippen LogP contribution >= 0.6 is 0 Å². The minimum Gasteiger partial charge on any atom is -0.493 e. The van der Waals surface area contributed by atoms with E-state index in [4.69, 9.17) is 19.9 Å². The SMILES string of the molecule is CCc1c[c-]c(N2[CH-]N(c3ccc(CC)cc3)c3ccccc32)cc1.Cc1c[c-]c(N2[CH-]N(c3ccc(C)cc3)c3ccccc32)cc1.Cc1c[c-]c(N2[CH-]N(c3ccc(C)cc3)c3nccnc32)cc1.[Ir].[Ir].[Ir].[c-]1ccccc1N1[CH-]N(c2ccccc2)c2cc3ccccc3cc21.[c-]1ccccc1N1[CH-]N(c2ccccc2)c2nc3ccccc3nc21.[c-]1ccccc1N1[CH-]N(c2ccccc2)c2nc3ccccc3nc21. The van der Waals surface area contributed by atoms with Gasteiger partial charge in [-0.1, -0.05) is 209 Å². The number of benzene rings is 18. The number of anilines is 24. The summed E-state index contributed by atoms with van der Waals surface area (Å²) in [6.07, 6.45) is 5.53. The standard InChI is InChI=1S/C23H16N2.C23H22N2.2C21H14N4.C21H18N2.C19H16N4.3Ir/c1-3-11-20(12-4-1)24-17-25(21-13-5-2-6-14-21)23-16-19-10-8-7-9-18(19)15-22(23)24;1-3-18-9-13-20(14-10-18)24-17-25(23-8-6-5-7-22(23)24)21-15-11-19(4-2)12-16-21;2*1-3-9-16(10-4-1)24-15-25(17-11-5-2-6-12-17)21-20(24)22-18-13-7-8-14-19(18)23-21;1-16-7-11-18(12-8-16)22-15-23(19-13-9-17(2)10-14-19)21-6-4-3-5-20(21)22;1-14-3-7-16(8-4-14)22-13-23(17-9-5-15(2)6-10-17)19-18(22)20-11-12-21-19;;;/h1-13,15-17H;5-15,17H,3-4H2,1-2H3;2*1-11,13-15H;3-13,15H,1-2H3;3-9,11-13H,1-2H3;;;/q6*-2;;;. The van der Waals surface area contributed by atoms with Crippen molar-refractivity contribution in [2.75, 3.05) is 58.8 Å². The van der Waals surface area contributed by atoms with Gasteiger partial charge in [-0.15, -0.1) is 92.3 Å². The minimum atomic E-state index is 0. The van der Waals surface area contributed by atoms with Gasteiger partial charge in [-0.2, -0.15) is 162 Å². The summed E-state index contributed by atoms with van der Waals surface area (Å²) in [5.41, 5.74) is 30.8. The van der Waals surface area contributed by atoms with E-state index in [-0.39, 0.29) is 60.3 Å². The van der Waals surface area contributed by atoms with Gasteiger partial charge in [0.1, 0.15) is 34.9 Å². The maximum atomic E-state index is 4.87. The van der Waals surface area contributed by atoms with Gasteiger partial charge in [-0.3, -0.25) is 0 Å². The summed E-state index contributed by atoms with van der Waals surface area (Å²) < 4.78 is 0. The van der Waals surface area contributed by atoms with E-state index in [1.165, 1.54) is 84.0 Å². The van der Waals surface area contributed by atoms with E-state index in [2.05, 4.69) is 401 Å². The largest absolute Gasteiger partial charge is 0.493 e. The van der Waals surface area contributed by atoms with Crippen LogP contribution in [0.4, 0.5) is 137 Å². The first kappa shape index (κ1) is 101. The molecule has 0 aliphatic carbocycles. The maximum absolute atomic E-state index is 4.87. The second kappa shape index (κ2) is 46.5. The van der Waals surface area contributed by atoms with Crippen LogP contribution in [-0.4, -0.2) is 29.9 Å². The fourth-order valence-electron chi connectivity index (χ4n) is 18.1. The first-order valence-electron chi connectivity index (χ1n) is 48.9. The number of rotatable bonds is 14. The van der Waals surface area contributed by atoms with E-state index in [9.17, 15) is 0 Å². The Bertz CT molecular complexity index is 7050. The van der Waals surface area contributed by atoms with Crippen molar-refractivity contribution in [2.45, 2.75) is 54.4 Å². The van der Waals surface area contributed by atoms with E-state index in [1.807, 2.05) is 211 Å². The third-order valence-electron chi connectivity index (χ3n) is 25.8. The van der Waals surface area contributed by atoms with Crippen molar-refractivity contribution in [1.29, 1.82) is 0 Å². The number of para-hydroxylation sites is 14. The number of fused-ring (bicyclic) bond motifs is 9. The van der Waals surface area contributed by atoms with Gasteiger partial charge in [0, 0.05) is 141 Å². The Kier molecular flexibility index (Phi) is 31.6. The quantitative estimate of drug-likeness (QED) is 0.0961. The Morgan fingerprint density at radius 1 is 0.208 bits per heavy atom. The smallest absolute Gasteiger partial charge is 0.146 e. The summed E-state index contributed by atoms with van der Waals surface area (Å²) in [7, 11) is 0. The Morgan fingerprint density at radius 3 is 0.846 bits per heavy atom. The molecular formula is C128H100Ir3N18-12. The van der Waals surface area contributed by atoms with Gasteiger partial charge in [-0.05, 0) is 170 Å². The molecule has 741 valence electrons. The van der Waals surface area contributed by atoms with Crippen molar-refractivity contribution in [2.24, 2.45) is 0 Å². The van der Waals surface area contributed by atoms with Gasteiger partial charge in [-0.25, -0.2) is 29.9 Å². The number of hydrogen-bond acceptors (Lipinski definition) is 18. The fraction of sp³-hybridized carbons (Fsp3) is 0.0625. The normalized spacial score (nSPS) is 13.0. The zero-order valence-corrected chi connectivity index (χ0v) is 89.7. The molecule has 0 fully saturated rings. The summed E-state index contributed by atoms with van der Waals surface area (Å²) in [6.45, 7) is 25.2. The molecule has 21 heteroatoms. The first-order chi connectivity index (χ1) is 71.9. The second-order valence-electron chi connectivity index (χ2n) is 35.6. The number of hydrogen-bond donors (Lipinski definition) is 0. The Morgan fingerprint density at radius 2 is 0.470 bits per heavy atom. The molecule has 0 saturated heterocycles. The van der Waals surface area contributed by atoms with E-state index in [1.54, 1.807) is 12.4 Å². The molecule has 0 amide bonds. The van der Waals surface area contributed by atoms with Gasteiger partial charge in [0.05, 0.1) is 22.1 Å². The molecule has 18 nitrogen and oxygen atoms in total.